The standard InChI is InChI=1S/C14H19N3O2/c1-2-13-12-4-6-17(8-11(12)9-19-13)14(18)10-3-5-15-16-7-10/h3,5,7,11-13H,2,4,6,8-9H2,1H3/t11-,12-,13+/m1/s1. The summed E-state index contributed by atoms with van der Waals surface area (Å²) in [4.78, 5) is 14.3. The Morgan fingerprint density at radius 2 is 2.42 bits per heavy atom. The second kappa shape index (κ2) is 5.25. The average molecular weight is 261 g/mol. The predicted octanol–water partition coefficient (Wildman–Crippen LogP) is 1.36. The highest BCUT2D eigenvalue weighted by Crippen LogP contribution is 2.35. The summed E-state index contributed by atoms with van der Waals surface area (Å²) in [6.07, 6.45) is 5.61. The molecular weight excluding hydrogens is 242 g/mol. The van der Waals surface area contributed by atoms with Gasteiger partial charge in [0.2, 0.25) is 0 Å². The minimum atomic E-state index is 0.0632. The Bertz CT molecular complexity index is 451. The first-order valence-corrected chi connectivity index (χ1v) is 6.97. The molecule has 3 rings (SSSR count). The minimum Gasteiger partial charge on any atom is -0.378 e. The Balaban J connectivity index is 1.68. The summed E-state index contributed by atoms with van der Waals surface area (Å²) in [5.41, 5.74) is 0.624. The van der Waals surface area contributed by atoms with Crippen molar-refractivity contribution in [3.8, 4) is 0 Å². The zero-order valence-electron chi connectivity index (χ0n) is 11.2. The van der Waals surface area contributed by atoms with Gasteiger partial charge in [0.25, 0.3) is 5.91 Å². The SMILES string of the molecule is CC[C@@H]1OC[C@H]2CN(C(=O)c3ccnnc3)CC[C@H]21. The lowest BCUT2D eigenvalue weighted by atomic mass is 9.83. The van der Waals surface area contributed by atoms with E-state index in [0.717, 1.165) is 32.5 Å². The Labute approximate surface area is 113 Å². The van der Waals surface area contributed by atoms with Crippen molar-refractivity contribution in [1.82, 2.24) is 15.1 Å². The molecule has 0 spiro atoms. The molecule has 0 saturated carbocycles. The smallest absolute Gasteiger partial charge is 0.255 e. The third-order valence-electron chi connectivity index (χ3n) is 4.32. The van der Waals surface area contributed by atoms with Gasteiger partial charge in [-0.1, -0.05) is 6.92 Å². The number of aromatic nitrogens is 2. The number of nitrogens with zero attached hydrogens (tertiary/aromatic N) is 3. The Kier molecular flexibility index (Phi) is 3.46. The monoisotopic (exact) mass is 261 g/mol. The van der Waals surface area contributed by atoms with Gasteiger partial charge in [-0.3, -0.25) is 4.79 Å². The lowest BCUT2D eigenvalue weighted by molar-refractivity contribution is 0.0607. The number of ether oxygens (including phenoxy) is 1. The van der Waals surface area contributed by atoms with Crippen molar-refractivity contribution in [3.63, 3.8) is 0 Å². The van der Waals surface area contributed by atoms with Crippen LogP contribution in [0.25, 0.3) is 0 Å². The van der Waals surface area contributed by atoms with Gasteiger partial charge in [0.05, 0.1) is 30.7 Å². The zero-order valence-corrected chi connectivity index (χ0v) is 11.2. The zero-order chi connectivity index (χ0) is 13.2. The van der Waals surface area contributed by atoms with Gasteiger partial charge < -0.3 is 9.64 Å². The first kappa shape index (κ1) is 12.5. The molecule has 2 saturated heterocycles. The van der Waals surface area contributed by atoms with Crippen molar-refractivity contribution in [2.45, 2.75) is 25.9 Å². The van der Waals surface area contributed by atoms with Crippen LogP contribution in [0.5, 0.6) is 0 Å². The normalized spacial score (nSPS) is 30.2. The lowest BCUT2D eigenvalue weighted by Crippen LogP contribution is -2.44. The molecule has 2 aliphatic rings. The van der Waals surface area contributed by atoms with Crippen molar-refractivity contribution < 1.29 is 9.53 Å². The third-order valence-corrected chi connectivity index (χ3v) is 4.32. The quantitative estimate of drug-likeness (QED) is 0.806. The van der Waals surface area contributed by atoms with Crippen LogP contribution in [0.1, 0.15) is 30.1 Å². The summed E-state index contributed by atoms with van der Waals surface area (Å²) < 4.78 is 5.82. The van der Waals surface area contributed by atoms with Crippen molar-refractivity contribution in [2.24, 2.45) is 11.8 Å². The van der Waals surface area contributed by atoms with Crippen LogP contribution in [0.4, 0.5) is 0 Å². The molecule has 2 aliphatic heterocycles. The average Bonchev–Trinajstić information content (AvgIpc) is 2.89. The van der Waals surface area contributed by atoms with Crippen molar-refractivity contribution in [3.05, 3.63) is 24.0 Å². The van der Waals surface area contributed by atoms with Crippen LogP contribution < -0.4 is 0 Å². The molecule has 1 aromatic rings. The van der Waals surface area contributed by atoms with Gasteiger partial charge in [0, 0.05) is 19.0 Å². The van der Waals surface area contributed by atoms with E-state index in [9.17, 15) is 4.79 Å². The van der Waals surface area contributed by atoms with Crippen molar-refractivity contribution in [1.29, 1.82) is 0 Å². The molecule has 19 heavy (non-hydrogen) atoms. The van der Waals surface area contributed by atoms with E-state index in [1.807, 2.05) is 4.90 Å². The van der Waals surface area contributed by atoms with E-state index >= 15 is 0 Å². The third kappa shape index (κ3) is 2.34. The maximum absolute atomic E-state index is 12.4. The van der Waals surface area contributed by atoms with E-state index in [2.05, 4.69) is 17.1 Å². The predicted molar refractivity (Wildman–Crippen MR) is 69.6 cm³/mol. The molecule has 102 valence electrons. The van der Waals surface area contributed by atoms with Crippen molar-refractivity contribution >= 4 is 5.91 Å². The molecule has 0 N–H and O–H groups in total. The highest BCUT2D eigenvalue weighted by atomic mass is 16.5. The fourth-order valence-electron chi connectivity index (χ4n) is 3.29. The van der Waals surface area contributed by atoms with Gasteiger partial charge >= 0.3 is 0 Å². The lowest BCUT2D eigenvalue weighted by Gasteiger charge is -2.35. The summed E-state index contributed by atoms with van der Waals surface area (Å²) >= 11 is 0. The second-order valence-electron chi connectivity index (χ2n) is 5.37. The number of piperidine rings is 1. The van der Waals surface area contributed by atoms with Gasteiger partial charge in [-0.15, -0.1) is 0 Å². The number of carbonyl (C=O) groups excluding carboxylic acids is 1. The van der Waals surface area contributed by atoms with Crippen LogP contribution in [-0.4, -0.2) is 46.8 Å². The first-order valence-electron chi connectivity index (χ1n) is 6.97. The number of hydrogen-bond acceptors (Lipinski definition) is 4. The fraction of sp³-hybridized carbons (Fsp3) is 0.643. The largest absolute Gasteiger partial charge is 0.378 e. The first-order chi connectivity index (χ1) is 9.29. The topological polar surface area (TPSA) is 55.3 Å². The van der Waals surface area contributed by atoms with E-state index in [1.54, 1.807) is 12.3 Å². The number of likely N-dealkylation sites (tertiary alicyclic amines) is 1. The van der Waals surface area contributed by atoms with Crippen molar-refractivity contribution in [2.75, 3.05) is 19.7 Å². The van der Waals surface area contributed by atoms with Gasteiger partial charge in [0.1, 0.15) is 0 Å². The van der Waals surface area contributed by atoms with Crippen LogP contribution >= 0.6 is 0 Å². The molecule has 0 aliphatic carbocycles. The van der Waals surface area contributed by atoms with Crippen LogP contribution in [0.2, 0.25) is 0 Å². The van der Waals surface area contributed by atoms with E-state index in [4.69, 9.17) is 4.74 Å². The Morgan fingerprint density at radius 1 is 1.53 bits per heavy atom. The van der Waals surface area contributed by atoms with E-state index in [-0.39, 0.29) is 5.91 Å². The van der Waals surface area contributed by atoms with E-state index in [0.29, 0.717) is 23.5 Å². The molecule has 0 aromatic carbocycles. The maximum atomic E-state index is 12.4. The second-order valence-corrected chi connectivity index (χ2v) is 5.37. The van der Waals surface area contributed by atoms with Gasteiger partial charge in [-0.05, 0) is 24.8 Å². The number of amides is 1. The molecular formula is C14H19N3O2. The van der Waals surface area contributed by atoms with E-state index in [1.165, 1.54) is 6.20 Å². The number of carbonyl (C=O) groups is 1. The highest BCUT2D eigenvalue weighted by molar-refractivity contribution is 5.93. The van der Waals surface area contributed by atoms with E-state index < -0.39 is 0 Å². The summed E-state index contributed by atoms with van der Waals surface area (Å²) in [5.74, 6) is 1.19. The minimum absolute atomic E-state index is 0.0632. The summed E-state index contributed by atoms with van der Waals surface area (Å²) in [7, 11) is 0. The van der Waals surface area contributed by atoms with Gasteiger partial charge in [0.15, 0.2) is 0 Å². The molecule has 1 amide bonds. The Hall–Kier alpha value is -1.49. The molecule has 5 heteroatoms. The molecule has 0 radical (unpaired) electrons. The van der Waals surface area contributed by atoms with Crippen LogP contribution in [0.3, 0.4) is 0 Å². The number of fused-ring (bicyclic) bond motifs is 1. The molecule has 5 nitrogen and oxygen atoms in total. The van der Waals surface area contributed by atoms with Gasteiger partial charge in [-0.25, -0.2) is 0 Å². The fourth-order valence-corrected chi connectivity index (χ4v) is 3.29. The number of hydrogen-bond donors (Lipinski definition) is 0. The molecule has 1 aromatic heterocycles. The Morgan fingerprint density at radius 3 is 3.16 bits per heavy atom. The summed E-state index contributed by atoms with van der Waals surface area (Å²) in [5, 5.41) is 7.48. The molecule has 3 heterocycles. The van der Waals surface area contributed by atoms with Crippen LogP contribution in [-0.2, 0) is 4.74 Å². The highest BCUT2D eigenvalue weighted by Gasteiger charge is 2.40. The van der Waals surface area contributed by atoms with Crippen LogP contribution in [0, 0.1) is 11.8 Å². The number of rotatable bonds is 2. The summed E-state index contributed by atoms with van der Waals surface area (Å²) in [6, 6.07) is 1.72. The molecule has 0 unspecified atom stereocenters. The maximum Gasteiger partial charge on any atom is 0.255 e. The molecule has 2 fully saturated rings. The molecule has 3 atom stereocenters. The van der Waals surface area contributed by atoms with Gasteiger partial charge in [-0.2, -0.15) is 10.2 Å². The van der Waals surface area contributed by atoms with Crippen LogP contribution in [0.15, 0.2) is 18.5 Å². The summed E-state index contributed by atoms with van der Waals surface area (Å²) in [6.45, 7) is 4.60. The molecule has 0 bridgehead atoms.